The fourth-order valence-electron chi connectivity index (χ4n) is 2.44. The van der Waals surface area contributed by atoms with Gasteiger partial charge in [-0.15, -0.1) is 0 Å². The van der Waals surface area contributed by atoms with Gasteiger partial charge in [-0.05, 0) is 31.0 Å². The molecule has 0 saturated carbocycles. The average molecular weight is 263 g/mol. The van der Waals surface area contributed by atoms with Gasteiger partial charge in [0.05, 0.1) is 6.10 Å². The maximum Gasteiger partial charge on any atom is 0.129 e. The summed E-state index contributed by atoms with van der Waals surface area (Å²) in [6, 6.07) is 4.85. The molecule has 1 aromatic heterocycles. The smallest absolute Gasteiger partial charge is 0.129 e. The van der Waals surface area contributed by atoms with Gasteiger partial charge in [0.2, 0.25) is 0 Å². The summed E-state index contributed by atoms with van der Waals surface area (Å²) >= 11 is 0. The van der Waals surface area contributed by atoms with Gasteiger partial charge >= 0.3 is 0 Å². The minimum atomic E-state index is 0.347. The van der Waals surface area contributed by atoms with Crippen molar-refractivity contribution < 1.29 is 4.74 Å². The summed E-state index contributed by atoms with van der Waals surface area (Å²) < 4.78 is 5.42. The largest absolute Gasteiger partial charge is 0.380 e. The quantitative estimate of drug-likeness (QED) is 0.883. The van der Waals surface area contributed by atoms with E-state index in [1.165, 1.54) is 5.56 Å². The van der Waals surface area contributed by atoms with Crippen molar-refractivity contribution in [3.05, 3.63) is 23.4 Å². The molecule has 0 bridgehead atoms. The fourth-order valence-corrected chi connectivity index (χ4v) is 2.44. The highest BCUT2D eigenvalue weighted by molar-refractivity contribution is 5.44. The van der Waals surface area contributed by atoms with Crippen LogP contribution in [0.4, 0.5) is 5.82 Å². The maximum absolute atomic E-state index is 5.42. The van der Waals surface area contributed by atoms with E-state index in [9.17, 15) is 0 Å². The van der Waals surface area contributed by atoms with Crippen LogP contribution in [0.15, 0.2) is 12.1 Å². The number of aryl methyl sites for hydroxylation is 1. The molecule has 106 valence electrons. The van der Waals surface area contributed by atoms with Crippen molar-refractivity contribution in [3.8, 4) is 0 Å². The predicted molar refractivity (Wildman–Crippen MR) is 78.6 cm³/mol. The minimum Gasteiger partial charge on any atom is -0.380 e. The number of pyridine rings is 1. The van der Waals surface area contributed by atoms with Crippen molar-refractivity contribution in [2.75, 3.05) is 25.1 Å². The molecule has 4 nitrogen and oxygen atoms in total. The molecule has 0 radical (unpaired) electrons. The molecule has 0 spiro atoms. The number of ether oxygens (including phenoxy) is 1. The van der Waals surface area contributed by atoms with Gasteiger partial charge in [0.1, 0.15) is 5.82 Å². The van der Waals surface area contributed by atoms with Crippen LogP contribution in [-0.4, -0.2) is 37.3 Å². The van der Waals surface area contributed by atoms with E-state index >= 15 is 0 Å². The highest BCUT2D eigenvalue weighted by Crippen LogP contribution is 2.21. The van der Waals surface area contributed by atoms with Crippen molar-refractivity contribution in [2.45, 2.75) is 45.9 Å². The molecule has 1 saturated heterocycles. The molecule has 0 aliphatic carbocycles. The van der Waals surface area contributed by atoms with E-state index in [0.29, 0.717) is 12.1 Å². The molecule has 4 heteroatoms. The van der Waals surface area contributed by atoms with Crippen molar-refractivity contribution in [1.82, 2.24) is 10.3 Å². The number of hydrogen-bond donors (Lipinski definition) is 1. The third kappa shape index (κ3) is 3.91. The molecule has 2 rings (SSSR count). The number of hydrogen-bond acceptors (Lipinski definition) is 4. The van der Waals surface area contributed by atoms with E-state index < -0.39 is 0 Å². The first-order valence-corrected chi connectivity index (χ1v) is 7.07. The summed E-state index contributed by atoms with van der Waals surface area (Å²) in [4.78, 5) is 6.97. The van der Waals surface area contributed by atoms with Gasteiger partial charge in [-0.2, -0.15) is 0 Å². The Morgan fingerprint density at radius 3 is 2.89 bits per heavy atom. The van der Waals surface area contributed by atoms with Crippen LogP contribution in [0.2, 0.25) is 0 Å². The predicted octanol–water partition coefficient (Wildman–Crippen LogP) is 2.11. The summed E-state index contributed by atoms with van der Waals surface area (Å²) in [6.07, 6.45) is 1.44. The Kier molecular flexibility index (Phi) is 4.77. The maximum atomic E-state index is 5.42. The lowest BCUT2D eigenvalue weighted by Crippen LogP contribution is -2.25. The number of rotatable bonds is 5. The summed E-state index contributed by atoms with van der Waals surface area (Å²) in [7, 11) is 1.79. The molecule has 19 heavy (non-hydrogen) atoms. The van der Waals surface area contributed by atoms with Gasteiger partial charge in [-0.1, -0.05) is 13.8 Å². The number of aromatic nitrogens is 1. The second-order valence-electron chi connectivity index (χ2n) is 5.60. The first-order valence-electron chi connectivity index (χ1n) is 7.07. The summed E-state index contributed by atoms with van der Waals surface area (Å²) in [5, 5.41) is 3.46. The molecule has 1 aromatic rings. The van der Waals surface area contributed by atoms with E-state index in [4.69, 9.17) is 4.74 Å². The lowest BCUT2D eigenvalue weighted by atomic mass is 10.2. The second-order valence-corrected chi connectivity index (χ2v) is 5.60. The third-order valence-electron chi connectivity index (χ3n) is 3.52. The van der Waals surface area contributed by atoms with E-state index in [0.717, 1.165) is 37.6 Å². The van der Waals surface area contributed by atoms with Crippen molar-refractivity contribution >= 4 is 5.82 Å². The number of methoxy groups -OCH3 is 1. The third-order valence-corrected chi connectivity index (χ3v) is 3.52. The minimum absolute atomic E-state index is 0.347. The zero-order chi connectivity index (χ0) is 13.8. The molecule has 1 fully saturated rings. The zero-order valence-corrected chi connectivity index (χ0v) is 12.4. The molecule has 1 aliphatic heterocycles. The first kappa shape index (κ1) is 14.3. The molecule has 2 heterocycles. The van der Waals surface area contributed by atoms with Crippen molar-refractivity contribution in [2.24, 2.45) is 0 Å². The Balaban J connectivity index is 2.08. The van der Waals surface area contributed by atoms with E-state index in [1.807, 2.05) is 0 Å². The van der Waals surface area contributed by atoms with Crippen LogP contribution >= 0.6 is 0 Å². The Morgan fingerprint density at radius 2 is 2.26 bits per heavy atom. The molecular formula is C15H25N3O. The van der Waals surface area contributed by atoms with Crippen molar-refractivity contribution in [1.29, 1.82) is 0 Å². The number of anilines is 1. The first-order chi connectivity index (χ1) is 9.08. The summed E-state index contributed by atoms with van der Waals surface area (Å²) in [5.74, 6) is 1.08. The second kappa shape index (κ2) is 6.35. The standard InChI is InChI=1S/C15H25N3O/c1-11(2)16-9-13-7-12(3)17-15(8-13)18-6-5-14(10-18)19-4/h7-8,11,14,16H,5-6,9-10H2,1-4H3. The molecule has 1 unspecified atom stereocenters. The molecule has 0 amide bonds. The normalized spacial score (nSPS) is 19.4. The van der Waals surface area contributed by atoms with E-state index in [1.54, 1.807) is 7.11 Å². The lowest BCUT2D eigenvalue weighted by Gasteiger charge is -2.19. The van der Waals surface area contributed by atoms with E-state index in [-0.39, 0.29) is 0 Å². The topological polar surface area (TPSA) is 37.4 Å². The van der Waals surface area contributed by atoms with Crippen LogP contribution < -0.4 is 10.2 Å². The lowest BCUT2D eigenvalue weighted by molar-refractivity contribution is 0.121. The van der Waals surface area contributed by atoms with Gasteiger partial charge in [-0.3, -0.25) is 0 Å². The van der Waals surface area contributed by atoms with Crippen LogP contribution in [0.3, 0.4) is 0 Å². The molecule has 0 aromatic carbocycles. The Morgan fingerprint density at radius 1 is 1.47 bits per heavy atom. The molecule has 1 N–H and O–H groups in total. The highest BCUT2D eigenvalue weighted by Gasteiger charge is 2.23. The van der Waals surface area contributed by atoms with Crippen LogP contribution in [-0.2, 0) is 11.3 Å². The number of nitrogens with one attached hydrogen (secondary N) is 1. The van der Waals surface area contributed by atoms with Crippen LogP contribution in [0.25, 0.3) is 0 Å². The van der Waals surface area contributed by atoms with E-state index in [2.05, 4.69) is 48.1 Å². The van der Waals surface area contributed by atoms with Gasteiger partial charge in [0.15, 0.2) is 0 Å². The zero-order valence-electron chi connectivity index (χ0n) is 12.4. The molecule has 1 atom stereocenters. The monoisotopic (exact) mass is 263 g/mol. The van der Waals surface area contributed by atoms with Gasteiger partial charge in [-0.25, -0.2) is 4.98 Å². The average Bonchev–Trinajstić information content (AvgIpc) is 2.84. The van der Waals surface area contributed by atoms with Crippen molar-refractivity contribution in [3.63, 3.8) is 0 Å². The Hall–Kier alpha value is -1.13. The van der Waals surface area contributed by atoms with Gasteiger partial charge < -0.3 is 15.0 Å². The number of nitrogens with zero attached hydrogens (tertiary/aromatic N) is 2. The van der Waals surface area contributed by atoms with Crippen LogP contribution in [0.1, 0.15) is 31.5 Å². The summed E-state index contributed by atoms with van der Waals surface area (Å²) in [5.41, 5.74) is 2.39. The SMILES string of the molecule is COC1CCN(c2cc(CNC(C)C)cc(C)n2)C1. The summed E-state index contributed by atoms with van der Waals surface area (Å²) in [6.45, 7) is 9.27. The highest BCUT2D eigenvalue weighted by atomic mass is 16.5. The van der Waals surface area contributed by atoms with Gasteiger partial charge in [0, 0.05) is 38.5 Å². The van der Waals surface area contributed by atoms with Crippen LogP contribution in [0, 0.1) is 6.92 Å². The molecular weight excluding hydrogens is 238 g/mol. The van der Waals surface area contributed by atoms with Gasteiger partial charge in [0.25, 0.3) is 0 Å². The Bertz CT molecular complexity index is 420. The van der Waals surface area contributed by atoms with Crippen LogP contribution in [0.5, 0.6) is 0 Å². The molecule has 1 aliphatic rings. The Labute approximate surface area is 116 Å². The fraction of sp³-hybridized carbons (Fsp3) is 0.667.